The standard InChI is InChI=1S/C21H29N5/c1-21(2,3)17-9-11-18(12-10-17)24-20-25-19(15-23-26-20)22-14-13-16-7-5-4-6-8-16/h7,9-12,15H,4-6,8,13-14H2,1-3H3,(H2,22,24,25,26). The molecule has 1 aliphatic carbocycles. The van der Waals surface area contributed by atoms with Crippen molar-refractivity contribution in [3.63, 3.8) is 0 Å². The SMILES string of the molecule is CC(C)(C)c1ccc(Nc2nncc(NCCC3=CCCCC3)n2)cc1. The second-order valence-electron chi connectivity index (χ2n) is 7.90. The highest BCUT2D eigenvalue weighted by atomic mass is 15.3. The molecule has 5 nitrogen and oxygen atoms in total. The number of hydrogen-bond donors (Lipinski definition) is 2. The van der Waals surface area contributed by atoms with Crippen LogP contribution in [0.1, 0.15) is 58.4 Å². The van der Waals surface area contributed by atoms with Gasteiger partial charge in [0.15, 0.2) is 5.82 Å². The molecule has 1 aromatic heterocycles. The number of allylic oxidation sites excluding steroid dienone is 1. The van der Waals surface area contributed by atoms with Crippen LogP contribution >= 0.6 is 0 Å². The molecule has 0 saturated carbocycles. The van der Waals surface area contributed by atoms with Gasteiger partial charge in [-0.25, -0.2) is 0 Å². The van der Waals surface area contributed by atoms with Crippen LogP contribution < -0.4 is 10.6 Å². The van der Waals surface area contributed by atoms with Crippen LogP contribution in [0.25, 0.3) is 0 Å². The lowest BCUT2D eigenvalue weighted by Gasteiger charge is -2.19. The first-order valence-electron chi connectivity index (χ1n) is 9.50. The summed E-state index contributed by atoms with van der Waals surface area (Å²) < 4.78 is 0. The van der Waals surface area contributed by atoms with Gasteiger partial charge < -0.3 is 10.6 Å². The van der Waals surface area contributed by atoms with Crippen molar-refractivity contribution in [3.8, 4) is 0 Å². The number of nitrogens with zero attached hydrogens (tertiary/aromatic N) is 3. The molecule has 2 N–H and O–H groups in total. The van der Waals surface area contributed by atoms with E-state index in [1.165, 1.54) is 31.2 Å². The molecule has 1 aromatic carbocycles. The van der Waals surface area contributed by atoms with Gasteiger partial charge in [-0.3, -0.25) is 0 Å². The molecule has 0 spiro atoms. The van der Waals surface area contributed by atoms with Crippen molar-refractivity contribution in [2.24, 2.45) is 0 Å². The van der Waals surface area contributed by atoms with Gasteiger partial charge in [0.05, 0.1) is 6.20 Å². The van der Waals surface area contributed by atoms with Crippen molar-refractivity contribution in [1.82, 2.24) is 15.2 Å². The van der Waals surface area contributed by atoms with Crippen molar-refractivity contribution in [2.75, 3.05) is 17.2 Å². The van der Waals surface area contributed by atoms with Gasteiger partial charge in [0.1, 0.15) is 0 Å². The first-order chi connectivity index (χ1) is 12.5. The molecule has 0 fully saturated rings. The Balaban J connectivity index is 1.56. The van der Waals surface area contributed by atoms with Crippen LogP contribution in [0.4, 0.5) is 17.5 Å². The van der Waals surface area contributed by atoms with Crippen LogP contribution in [-0.2, 0) is 5.41 Å². The molecule has 3 rings (SSSR count). The zero-order valence-corrected chi connectivity index (χ0v) is 16.0. The molecule has 2 aromatic rings. The summed E-state index contributed by atoms with van der Waals surface area (Å²) in [5, 5.41) is 14.7. The van der Waals surface area contributed by atoms with Gasteiger partial charge in [-0.15, -0.1) is 5.10 Å². The second kappa shape index (κ2) is 8.30. The van der Waals surface area contributed by atoms with Crippen molar-refractivity contribution in [1.29, 1.82) is 0 Å². The first-order valence-corrected chi connectivity index (χ1v) is 9.50. The molecule has 0 radical (unpaired) electrons. The number of anilines is 3. The molecule has 138 valence electrons. The molecular formula is C21H29N5. The van der Waals surface area contributed by atoms with E-state index < -0.39 is 0 Å². The fourth-order valence-electron chi connectivity index (χ4n) is 3.11. The fraction of sp³-hybridized carbons (Fsp3) is 0.476. The van der Waals surface area contributed by atoms with E-state index in [-0.39, 0.29) is 5.41 Å². The highest BCUT2D eigenvalue weighted by molar-refractivity contribution is 5.55. The molecule has 26 heavy (non-hydrogen) atoms. The van der Waals surface area contributed by atoms with E-state index in [4.69, 9.17) is 0 Å². The highest BCUT2D eigenvalue weighted by Gasteiger charge is 2.13. The predicted molar refractivity (Wildman–Crippen MR) is 108 cm³/mol. The number of aromatic nitrogens is 3. The summed E-state index contributed by atoms with van der Waals surface area (Å²) in [5.41, 5.74) is 3.97. The number of hydrogen-bond acceptors (Lipinski definition) is 5. The lowest BCUT2D eigenvalue weighted by Crippen LogP contribution is -2.11. The molecule has 0 unspecified atom stereocenters. The highest BCUT2D eigenvalue weighted by Crippen LogP contribution is 2.24. The summed E-state index contributed by atoms with van der Waals surface area (Å²) in [4.78, 5) is 4.51. The van der Waals surface area contributed by atoms with Crippen LogP contribution in [0.15, 0.2) is 42.1 Å². The van der Waals surface area contributed by atoms with E-state index in [2.05, 4.69) is 76.9 Å². The zero-order chi connectivity index (χ0) is 18.4. The number of benzene rings is 1. The fourth-order valence-corrected chi connectivity index (χ4v) is 3.11. The van der Waals surface area contributed by atoms with Crippen LogP contribution in [0.3, 0.4) is 0 Å². The molecular weight excluding hydrogens is 322 g/mol. The summed E-state index contributed by atoms with van der Waals surface area (Å²) >= 11 is 0. The van der Waals surface area contributed by atoms with Gasteiger partial charge in [-0.1, -0.05) is 44.6 Å². The third-order valence-corrected chi connectivity index (χ3v) is 4.70. The van der Waals surface area contributed by atoms with E-state index >= 15 is 0 Å². The zero-order valence-electron chi connectivity index (χ0n) is 16.0. The summed E-state index contributed by atoms with van der Waals surface area (Å²) in [6.07, 6.45) is 10.2. The Hall–Kier alpha value is -2.43. The molecule has 0 aliphatic heterocycles. The van der Waals surface area contributed by atoms with Gasteiger partial charge in [-0.2, -0.15) is 10.1 Å². The van der Waals surface area contributed by atoms with E-state index in [0.717, 1.165) is 24.5 Å². The first kappa shape index (κ1) is 18.4. The van der Waals surface area contributed by atoms with Crippen LogP contribution in [0, 0.1) is 0 Å². The van der Waals surface area contributed by atoms with Gasteiger partial charge in [0, 0.05) is 12.2 Å². The van der Waals surface area contributed by atoms with Crippen molar-refractivity contribution < 1.29 is 0 Å². The molecule has 0 bridgehead atoms. The van der Waals surface area contributed by atoms with Gasteiger partial charge in [0.2, 0.25) is 5.95 Å². The molecule has 1 aliphatic rings. The lowest BCUT2D eigenvalue weighted by molar-refractivity contribution is 0.590. The Bertz CT molecular complexity index is 744. The Morgan fingerprint density at radius 3 is 2.58 bits per heavy atom. The second-order valence-corrected chi connectivity index (χ2v) is 7.90. The molecule has 0 saturated heterocycles. The van der Waals surface area contributed by atoms with Crippen molar-refractivity contribution in [2.45, 2.75) is 58.3 Å². The van der Waals surface area contributed by atoms with Crippen molar-refractivity contribution in [3.05, 3.63) is 47.7 Å². The summed E-state index contributed by atoms with van der Waals surface area (Å²) in [5.74, 6) is 1.26. The molecule has 1 heterocycles. The summed E-state index contributed by atoms with van der Waals surface area (Å²) in [6, 6.07) is 8.38. The van der Waals surface area contributed by atoms with Gasteiger partial charge in [-0.05, 0) is 55.2 Å². The molecule has 0 atom stereocenters. The molecule has 5 heteroatoms. The van der Waals surface area contributed by atoms with E-state index in [9.17, 15) is 0 Å². The lowest BCUT2D eigenvalue weighted by atomic mass is 9.87. The maximum atomic E-state index is 4.51. The predicted octanol–water partition coefficient (Wildman–Crippen LogP) is 5.22. The summed E-state index contributed by atoms with van der Waals surface area (Å²) in [7, 11) is 0. The third-order valence-electron chi connectivity index (χ3n) is 4.70. The Kier molecular flexibility index (Phi) is 5.86. The van der Waals surface area contributed by atoms with E-state index in [0.29, 0.717) is 5.95 Å². The number of nitrogens with one attached hydrogen (secondary N) is 2. The summed E-state index contributed by atoms with van der Waals surface area (Å²) in [6.45, 7) is 7.51. The number of rotatable bonds is 6. The van der Waals surface area contributed by atoms with E-state index in [1.54, 1.807) is 11.8 Å². The quantitative estimate of drug-likeness (QED) is 0.699. The van der Waals surface area contributed by atoms with Gasteiger partial charge in [0.25, 0.3) is 0 Å². The minimum atomic E-state index is 0.147. The van der Waals surface area contributed by atoms with Crippen LogP contribution in [0.2, 0.25) is 0 Å². The minimum Gasteiger partial charge on any atom is -0.368 e. The Morgan fingerprint density at radius 2 is 1.88 bits per heavy atom. The van der Waals surface area contributed by atoms with Crippen LogP contribution in [-0.4, -0.2) is 21.7 Å². The smallest absolute Gasteiger partial charge is 0.249 e. The Morgan fingerprint density at radius 1 is 1.08 bits per heavy atom. The largest absolute Gasteiger partial charge is 0.368 e. The third kappa shape index (κ3) is 5.28. The normalized spacial score (nSPS) is 14.7. The molecule has 0 amide bonds. The van der Waals surface area contributed by atoms with Gasteiger partial charge >= 0.3 is 0 Å². The minimum absolute atomic E-state index is 0.147. The maximum absolute atomic E-state index is 4.51. The Labute approximate surface area is 156 Å². The monoisotopic (exact) mass is 351 g/mol. The average molecular weight is 351 g/mol. The van der Waals surface area contributed by atoms with Crippen LogP contribution in [0.5, 0.6) is 0 Å². The topological polar surface area (TPSA) is 62.7 Å². The van der Waals surface area contributed by atoms with E-state index in [1.807, 2.05) is 0 Å². The average Bonchev–Trinajstić information content (AvgIpc) is 2.63. The maximum Gasteiger partial charge on any atom is 0.249 e. The van der Waals surface area contributed by atoms with Crippen molar-refractivity contribution >= 4 is 17.5 Å².